The summed E-state index contributed by atoms with van der Waals surface area (Å²) < 4.78 is 2.07. The number of hydrogen-bond acceptors (Lipinski definition) is 3. The minimum Gasteiger partial charge on any atom is -0.305 e. The van der Waals surface area contributed by atoms with Crippen LogP contribution in [0.2, 0.25) is 0 Å². The maximum atomic E-state index is 5.03. The molecule has 146 valence electrons. The second-order valence-corrected chi connectivity index (χ2v) is 8.24. The highest BCUT2D eigenvalue weighted by Crippen LogP contribution is 2.27. The van der Waals surface area contributed by atoms with E-state index in [4.69, 9.17) is 5.10 Å². The molecule has 1 saturated heterocycles. The van der Waals surface area contributed by atoms with Crippen molar-refractivity contribution >= 4 is 0 Å². The topological polar surface area (TPSA) is 24.3 Å². The molecule has 4 rings (SSSR count). The normalized spacial score (nSPS) is 17.5. The fourth-order valence-corrected chi connectivity index (χ4v) is 4.07. The highest BCUT2D eigenvalue weighted by atomic mass is 15.3. The molecule has 4 nitrogen and oxygen atoms in total. The van der Waals surface area contributed by atoms with Crippen molar-refractivity contribution in [2.75, 3.05) is 27.2 Å². The first-order valence-corrected chi connectivity index (χ1v) is 10.1. The van der Waals surface area contributed by atoms with Crippen LogP contribution in [0, 0.1) is 13.8 Å². The van der Waals surface area contributed by atoms with Gasteiger partial charge in [-0.2, -0.15) is 5.10 Å². The Morgan fingerprint density at radius 3 is 2.57 bits per heavy atom. The Bertz CT molecular complexity index is 942. The lowest BCUT2D eigenvalue weighted by molar-refractivity contribution is 0.265. The fourth-order valence-electron chi connectivity index (χ4n) is 4.07. The van der Waals surface area contributed by atoms with Gasteiger partial charge in [0.2, 0.25) is 0 Å². The van der Waals surface area contributed by atoms with E-state index >= 15 is 0 Å². The van der Waals surface area contributed by atoms with E-state index in [1.165, 1.54) is 28.7 Å². The zero-order chi connectivity index (χ0) is 19.7. The highest BCUT2D eigenvalue weighted by Gasteiger charge is 2.25. The number of aromatic nitrogens is 2. The van der Waals surface area contributed by atoms with Gasteiger partial charge in [0.15, 0.2) is 0 Å². The molecule has 1 aliphatic rings. The quantitative estimate of drug-likeness (QED) is 0.666. The average molecular weight is 375 g/mol. The molecular formula is C24H30N4. The van der Waals surface area contributed by atoms with E-state index in [1.807, 2.05) is 0 Å². The van der Waals surface area contributed by atoms with Gasteiger partial charge in [-0.15, -0.1) is 0 Å². The standard InChI is InChI=1S/C24H30N4/c1-18-10-11-19(2)23(14-18)28-16-21(15-27-13-12-22(17-27)26(3)4)24(25-28)20-8-6-5-7-9-20/h5-11,14,16,22H,12-13,15,17H2,1-4H3. The van der Waals surface area contributed by atoms with Crippen LogP contribution in [-0.4, -0.2) is 52.8 Å². The van der Waals surface area contributed by atoms with Gasteiger partial charge < -0.3 is 4.90 Å². The molecule has 0 spiro atoms. The third kappa shape index (κ3) is 3.89. The summed E-state index contributed by atoms with van der Waals surface area (Å²) in [5.41, 5.74) is 7.24. The van der Waals surface area contributed by atoms with Gasteiger partial charge in [-0.25, -0.2) is 4.68 Å². The molecule has 3 aromatic rings. The lowest BCUT2D eigenvalue weighted by Crippen LogP contribution is -2.31. The average Bonchev–Trinajstić information content (AvgIpc) is 3.32. The van der Waals surface area contributed by atoms with Crippen molar-refractivity contribution in [2.45, 2.75) is 32.9 Å². The second kappa shape index (κ2) is 7.90. The van der Waals surface area contributed by atoms with Gasteiger partial charge >= 0.3 is 0 Å². The minimum absolute atomic E-state index is 0.647. The third-order valence-electron chi connectivity index (χ3n) is 5.82. The summed E-state index contributed by atoms with van der Waals surface area (Å²) >= 11 is 0. The number of hydrogen-bond donors (Lipinski definition) is 0. The molecule has 0 bridgehead atoms. The largest absolute Gasteiger partial charge is 0.305 e. The van der Waals surface area contributed by atoms with E-state index in [9.17, 15) is 0 Å². The van der Waals surface area contributed by atoms with Crippen molar-refractivity contribution in [1.82, 2.24) is 19.6 Å². The summed E-state index contributed by atoms with van der Waals surface area (Å²) in [7, 11) is 4.37. The fraction of sp³-hybridized carbons (Fsp3) is 0.375. The van der Waals surface area contributed by atoms with Crippen molar-refractivity contribution in [3.8, 4) is 16.9 Å². The Hall–Kier alpha value is -2.43. The van der Waals surface area contributed by atoms with Crippen LogP contribution in [0.25, 0.3) is 16.9 Å². The van der Waals surface area contributed by atoms with E-state index < -0.39 is 0 Å². The lowest BCUT2D eigenvalue weighted by atomic mass is 10.1. The molecule has 2 heterocycles. The van der Waals surface area contributed by atoms with E-state index in [0.29, 0.717) is 6.04 Å². The Kier molecular flexibility index (Phi) is 5.33. The van der Waals surface area contributed by atoms with Crippen LogP contribution in [0.4, 0.5) is 0 Å². The molecule has 1 aromatic heterocycles. The molecule has 0 amide bonds. The van der Waals surface area contributed by atoms with E-state index in [1.54, 1.807) is 0 Å². The summed E-state index contributed by atoms with van der Waals surface area (Å²) in [5.74, 6) is 0. The minimum atomic E-state index is 0.647. The zero-order valence-electron chi connectivity index (χ0n) is 17.4. The van der Waals surface area contributed by atoms with Gasteiger partial charge in [0.25, 0.3) is 0 Å². The molecule has 2 aromatic carbocycles. The summed E-state index contributed by atoms with van der Waals surface area (Å²) in [6, 6.07) is 17.8. The van der Waals surface area contributed by atoms with Gasteiger partial charge in [-0.1, -0.05) is 42.5 Å². The Morgan fingerprint density at radius 2 is 1.86 bits per heavy atom. The Morgan fingerprint density at radius 1 is 1.07 bits per heavy atom. The first kappa shape index (κ1) is 18.9. The third-order valence-corrected chi connectivity index (χ3v) is 5.82. The number of nitrogens with zero attached hydrogens (tertiary/aromatic N) is 4. The SMILES string of the molecule is Cc1ccc(C)c(-n2cc(CN3CCC(N(C)C)C3)c(-c3ccccc3)n2)c1. The smallest absolute Gasteiger partial charge is 0.0972 e. The van der Waals surface area contributed by atoms with Crippen molar-refractivity contribution in [1.29, 1.82) is 0 Å². The summed E-state index contributed by atoms with van der Waals surface area (Å²) in [5, 5.41) is 5.03. The number of benzene rings is 2. The molecule has 0 N–H and O–H groups in total. The molecule has 1 fully saturated rings. The second-order valence-electron chi connectivity index (χ2n) is 8.24. The van der Waals surface area contributed by atoms with E-state index in [0.717, 1.165) is 31.0 Å². The highest BCUT2D eigenvalue weighted by molar-refractivity contribution is 5.63. The van der Waals surface area contributed by atoms with Crippen LogP contribution >= 0.6 is 0 Å². The summed E-state index contributed by atoms with van der Waals surface area (Å²) in [6.45, 7) is 7.50. The van der Waals surface area contributed by atoms with Gasteiger partial charge in [0.1, 0.15) is 0 Å². The van der Waals surface area contributed by atoms with Crippen molar-refractivity contribution in [2.24, 2.45) is 0 Å². The Labute approximate surface area is 168 Å². The van der Waals surface area contributed by atoms with Gasteiger partial charge in [0.05, 0.1) is 11.4 Å². The summed E-state index contributed by atoms with van der Waals surface area (Å²) in [6.07, 6.45) is 3.46. The van der Waals surface area contributed by atoms with Crippen LogP contribution in [-0.2, 0) is 6.54 Å². The molecule has 1 aliphatic heterocycles. The molecule has 1 atom stereocenters. The molecule has 0 radical (unpaired) electrons. The van der Waals surface area contributed by atoms with Crippen LogP contribution < -0.4 is 0 Å². The van der Waals surface area contributed by atoms with Crippen molar-refractivity contribution in [3.05, 3.63) is 71.4 Å². The number of rotatable bonds is 5. The first-order valence-electron chi connectivity index (χ1n) is 10.1. The number of likely N-dealkylation sites (N-methyl/N-ethyl adjacent to an activating group) is 1. The number of likely N-dealkylation sites (tertiary alicyclic amines) is 1. The molecule has 28 heavy (non-hydrogen) atoms. The molecular weight excluding hydrogens is 344 g/mol. The van der Waals surface area contributed by atoms with Crippen molar-refractivity contribution in [3.63, 3.8) is 0 Å². The summed E-state index contributed by atoms with van der Waals surface area (Å²) in [4.78, 5) is 4.90. The van der Waals surface area contributed by atoms with Gasteiger partial charge in [-0.3, -0.25) is 4.90 Å². The Balaban J connectivity index is 1.70. The lowest BCUT2D eigenvalue weighted by Gasteiger charge is -2.20. The van der Waals surface area contributed by atoms with Gasteiger partial charge in [-0.05, 0) is 51.6 Å². The molecule has 1 unspecified atom stereocenters. The van der Waals surface area contributed by atoms with Crippen LogP contribution in [0.15, 0.2) is 54.7 Å². The zero-order valence-corrected chi connectivity index (χ0v) is 17.4. The predicted molar refractivity (Wildman–Crippen MR) is 116 cm³/mol. The monoisotopic (exact) mass is 374 g/mol. The van der Waals surface area contributed by atoms with Crippen LogP contribution in [0.1, 0.15) is 23.1 Å². The maximum absolute atomic E-state index is 5.03. The molecule has 0 aliphatic carbocycles. The predicted octanol–water partition coefficient (Wildman–Crippen LogP) is 4.29. The molecule has 4 heteroatoms. The molecule has 0 saturated carbocycles. The van der Waals surface area contributed by atoms with Gasteiger partial charge in [0, 0.05) is 43.0 Å². The maximum Gasteiger partial charge on any atom is 0.0972 e. The number of aryl methyl sites for hydroxylation is 2. The van der Waals surface area contributed by atoms with E-state index in [-0.39, 0.29) is 0 Å². The van der Waals surface area contributed by atoms with Crippen LogP contribution in [0.3, 0.4) is 0 Å². The van der Waals surface area contributed by atoms with Crippen molar-refractivity contribution < 1.29 is 0 Å². The first-order chi connectivity index (χ1) is 13.5. The van der Waals surface area contributed by atoms with Crippen LogP contribution in [0.5, 0.6) is 0 Å². The van der Waals surface area contributed by atoms with E-state index in [2.05, 4.69) is 97.2 Å².